The summed E-state index contributed by atoms with van der Waals surface area (Å²) in [4.78, 5) is 12.6. The van der Waals surface area contributed by atoms with Crippen LogP contribution in [-0.2, 0) is 10.4 Å². The number of hydrogen-bond donors (Lipinski definition) is 3. The van der Waals surface area contributed by atoms with E-state index in [1.165, 1.54) is 25.3 Å². The minimum Gasteiger partial charge on any atom is -0.507 e. The number of amides is 1. The molecule has 0 spiro atoms. The minimum atomic E-state index is -4.87. The lowest BCUT2D eigenvalue weighted by Crippen LogP contribution is -2.15. The van der Waals surface area contributed by atoms with Gasteiger partial charge in [0, 0.05) is 6.07 Å². The molecule has 8 nitrogen and oxygen atoms in total. The lowest BCUT2D eigenvalue weighted by molar-refractivity contribution is 0.102. The van der Waals surface area contributed by atoms with Crippen LogP contribution in [0.1, 0.15) is 10.4 Å². The van der Waals surface area contributed by atoms with Crippen LogP contribution in [0.5, 0.6) is 17.2 Å². The summed E-state index contributed by atoms with van der Waals surface area (Å²) >= 11 is 6.02. The van der Waals surface area contributed by atoms with Crippen molar-refractivity contribution in [2.24, 2.45) is 0 Å². The SMILES string of the molecule is COc1cc(OS(=O)(=O)O)c(NC(=O)c2cc3ccccc3cc2O)cc1Cl. The second-order valence-corrected chi connectivity index (χ2v) is 7.09. The summed E-state index contributed by atoms with van der Waals surface area (Å²) in [6, 6.07) is 12.3. The second-order valence-electron chi connectivity index (χ2n) is 5.66. The number of halogens is 1. The number of rotatable bonds is 5. The Morgan fingerprint density at radius 3 is 2.32 bits per heavy atom. The first-order valence-corrected chi connectivity index (χ1v) is 9.50. The number of phenols is 1. The summed E-state index contributed by atoms with van der Waals surface area (Å²) < 4.78 is 40.6. The largest absolute Gasteiger partial charge is 0.507 e. The smallest absolute Gasteiger partial charge is 0.446 e. The van der Waals surface area contributed by atoms with E-state index in [1.807, 2.05) is 0 Å². The van der Waals surface area contributed by atoms with Crippen molar-refractivity contribution in [3.63, 3.8) is 0 Å². The fourth-order valence-corrected chi connectivity index (χ4v) is 3.18. The molecule has 146 valence electrons. The molecule has 0 atom stereocenters. The van der Waals surface area contributed by atoms with Gasteiger partial charge in [0.15, 0.2) is 5.75 Å². The van der Waals surface area contributed by atoms with E-state index in [1.54, 1.807) is 24.3 Å². The molecule has 3 N–H and O–H groups in total. The highest BCUT2D eigenvalue weighted by molar-refractivity contribution is 7.81. The molecule has 0 aliphatic rings. The van der Waals surface area contributed by atoms with Crippen LogP contribution in [0.25, 0.3) is 10.8 Å². The molecule has 0 heterocycles. The first-order chi connectivity index (χ1) is 13.2. The van der Waals surface area contributed by atoms with Crippen molar-refractivity contribution >= 4 is 44.4 Å². The second kappa shape index (κ2) is 7.55. The number of carbonyl (C=O) groups is 1. The first-order valence-electron chi connectivity index (χ1n) is 7.75. The topological polar surface area (TPSA) is 122 Å². The third-order valence-corrected chi connectivity index (χ3v) is 4.49. The monoisotopic (exact) mass is 423 g/mol. The predicted octanol–water partition coefficient (Wildman–Crippen LogP) is 3.64. The highest BCUT2D eigenvalue weighted by Crippen LogP contribution is 2.37. The maximum atomic E-state index is 12.6. The van der Waals surface area contributed by atoms with E-state index in [2.05, 4.69) is 9.50 Å². The summed E-state index contributed by atoms with van der Waals surface area (Å²) in [5, 5.41) is 14.1. The summed E-state index contributed by atoms with van der Waals surface area (Å²) in [5.74, 6) is -1.37. The Morgan fingerprint density at radius 1 is 1.07 bits per heavy atom. The fraction of sp³-hybridized carbons (Fsp3) is 0.0556. The molecule has 0 fully saturated rings. The maximum absolute atomic E-state index is 12.6. The Bertz CT molecular complexity index is 1180. The predicted molar refractivity (Wildman–Crippen MR) is 104 cm³/mol. The Morgan fingerprint density at radius 2 is 1.71 bits per heavy atom. The molecular weight excluding hydrogens is 410 g/mol. The van der Waals surface area contributed by atoms with Crippen LogP contribution in [0, 0.1) is 0 Å². The van der Waals surface area contributed by atoms with Gasteiger partial charge in [-0.3, -0.25) is 9.35 Å². The van der Waals surface area contributed by atoms with Gasteiger partial charge in [0.1, 0.15) is 11.5 Å². The van der Waals surface area contributed by atoms with E-state index < -0.39 is 22.1 Å². The molecule has 0 saturated heterocycles. The average molecular weight is 424 g/mol. The van der Waals surface area contributed by atoms with Gasteiger partial charge in [-0.25, -0.2) is 0 Å². The van der Waals surface area contributed by atoms with Crippen molar-refractivity contribution in [1.82, 2.24) is 0 Å². The zero-order valence-electron chi connectivity index (χ0n) is 14.3. The molecule has 0 aromatic heterocycles. The van der Waals surface area contributed by atoms with E-state index in [9.17, 15) is 18.3 Å². The van der Waals surface area contributed by atoms with Crippen molar-refractivity contribution < 1.29 is 31.8 Å². The number of nitrogens with one attached hydrogen (secondary N) is 1. The standard InChI is InChI=1S/C18H14ClNO7S/c1-26-16-9-17(27-28(23,24)25)14(8-13(16)19)20-18(22)12-6-10-4-2-3-5-11(10)7-15(12)21/h2-9,21H,1H3,(H,20,22)(H,23,24,25). The molecule has 0 radical (unpaired) electrons. The Balaban J connectivity index is 2.02. The Kier molecular flexibility index (Phi) is 5.32. The lowest BCUT2D eigenvalue weighted by atomic mass is 10.1. The van der Waals surface area contributed by atoms with Gasteiger partial charge < -0.3 is 19.3 Å². The third kappa shape index (κ3) is 4.28. The highest BCUT2D eigenvalue weighted by Gasteiger charge is 2.20. The van der Waals surface area contributed by atoms with Crippen molar-refractivity contribution in [3.8, 4) is 17.2 Å². The van der Waals surface area contributed by atoms with Crippen LogP contribution in [0.4, 0.5) is 5.69 Å². The molecule has 3 rings (SSSR count). The number of hydrogen-bond acceptors (Lipinski definition) is 6. The molecule has 10 heteroatoms. The van der Waals surface area contributed by atoms with Gasteiger partial charge in [0.25, 0.3) is 5.91 Å². The highest BCUT2D eigenvalue weighted by atomic mass is 35.5. The summed E-state index contributed by atoms with van der Waals surface area (Å²) in [5.41, 5.74) is -0.204. The van der Waals surface area contributed by atoms with Gasteiger partial charge in [-0.1, -0.05) is 35.9 Å². The molecule has 3 aromatic carbocycles. The number of anilines is 1. The van der Waals surface area contributed by atoms with E-state index in [0.717, 1.165) is 11.5 Å². The van der Waals surface area contributed by atoms with Crippen molar-refractivity contribution in [2.75, 3.05) is 12.4 Å². The van der Waals surface area contributed by atoms with Crippen LogP contribution >= 0.6 is 11.6 Å². The number of carbonyl (C=O) groups excluding carboxylic acids is 1. The molecule has 28 heavy (non-hydrogen) atoms. The number of fused-ring (bicyclic) bond motifs is 1. The molecular formula is C18H14ClNO7S. The number of methoxy groups -OCH3 is 1. The minimum absolute atomic E-state index is 0.0524. The van der Waals surface area contributed by atoms with E-state index >= 15 is 0 Å². The third-order valence-electron chi connectivity index (χ3n) is 3.81. The Labute approximate surface area is 165 Å². The van der Waals surface area contributed by atoms with Crippen molar-refractivity contribution in [1.29, 1.82) is 0 Å². The number of phenolic OH excluding ortho intramolecular Hbond substituents is 1. The quantitative estimate of drug-likeness (QED) is 0.535. The fourth-order valence-electron chi connectivity index (χ4n) is 2.57. The van der Waals surface area contributed by atoms with Crippen molar-refractivity contribution in [3.05, 3.63) is 59.1 Å². The van der Waals surface area contributed by atoms with Gasteiger partial charge in [0.2, 0.25) is 0 Å². The molecule has 3 aromatic rings. The molecule has 1 amide bonds. The summed E-state index contributed by atoms with van der Waals surface area (Å²) in [6.07, 6.45) is 0. The maximum Gasteiger partial charge on any atom is 0.446 e. The zero-order valence-corrected chi connectivity index (χ0v) is 15.9. The zero-order chi connectivity index (χ0) is 20.5. The summed E-state index contributed by atoms with van der Waals surface area (Å²) in [6.45, 7) is 0. The lowest BCUT2D eigenvalue weighted by Gasteiger charge is -2.14. The first kappa shape index (κ1) is 19.7. The number of aromatic hydroxyl groups is 1. The summed E-state index contributed by atoms with van der Waals surface area (Å²) in [7, 11) is -3.58. The molecule has 0 saturated carbocycles. The number of ether oxygens (including phenoxy) is 1. The van der Waals surface area contributed by atoms with E-state index in [4.69, 9.17) is 20.9 Å². The van der Waals surface area contributed by atoms with Crippen LogP contribution < -0.4 is 14.2 Å². The van der Waals surface area contributed by atoms with E-state index in [0.29, 0.717) is 5.39 Å². The average Bonchev–Trinajstić information content (AvgIpc) is 2.62. The Hall–Kier alpha value is -3.01. The number of benzene rings is 3. The van der Waals surface area contributed by atoms with Gasteiger partial charge in [0.05, 0.1) is 23.4 Å². The van der Waals surface area contributed by atoms with Crippen LogP contribution in [0.15, 0.2) is 48.5 Å². The van der Waals surface area contributed by atoms with Crippen molar-refractivity contribution in [2.45, 2.75) is 0 Å². The van der Waals surface area contributed by atoms with E-state index in [-0.39, 0.29) is 27.8 Å². The molecule has 0 bridgehead atoms. The molecule has 0 aliphatic heterocycles. The van der Waals surface area contributed by atoms with Crippen LogP contribution in [0.3, 0.4) is 0 Å². The van der Waals surface area contributed by atoms with Gasteiger partial charge >= 0.3 is 10.4 Å². The van der Waals surface area contributed by atoms with Gasteiger partial charge in [-0.05, 0) is 29.0 Å². The normalized spacial score (nSPS) is 11.2. The van der Waals surface area contributed by atoms with Crippen LogP contribution in [0.2, 0.25) is 5.02 Å². The van der Waals surface area contributed by atoms with Crippen LogP contribution in [-0.4, -0.2) is 31.1 Å². The molecule has 0 unspecified atom stereocenters. The molecule has 0 aliphatic carbocycles. The van der Waals surface area contributed by atoms with Gasteiger partial charge in [-0.15, -0.1) is 0 Å². The van der Waals surface area contributed by atoms with Gasteiger partial charge in [-0.2, -0.15) is 8.42 Å².